The van der Waals surface area contributed by atoms with E-state index in [4.69, 9.17) is 0 Å². The molecule has 1 aromatic heterocycles. The molecule has 2 rings (SSSR count). The van der Waals surface area contributed by atoms with Crippen LogP contribution in [0.4, 0.5) is 10.1 Å². The van der Waals surface area contributed by atoms with Crippen molar-refractivity contribution in [1.82, 2.24) is 9.78 Å². The second-order valence-electron chi connectivity index (χ2n) is 4.89. The van der Waals surface area contributed by atoms with Gasteiger partial charge in [0, 0.05) is 24.8 Å². The summed E-state index contributed by atoms with van der Waals surface area (Å²) in [6.45, 7) is 3.74. The quantitative estimate of drug-likeness (QED) is 0.932. The molecule has 1 aromatic carbocycles. The molecule has 2 aromatic rings. The number of carbonyl (C=O) groups is 1. The lowest BCUT2D eigenvalue weighted by Gasteiger charge is -2.08. The Morgan fingerprint density at radius 1 is 1.40 bits per heavy atom. The van der Waals surface area contributed by atoms with Crippen LogP contribution in [0.25, 0.3) is 0 Å². The van der Waals surface area contributed by atoms with Crippen molar-refractivity contribution in [2.75, 3.05) is 5.32 Å². The molecule has 0 fully saturated rings. The minimum atomic E-state index is -0.300. The van der Waals surface area contributed by atoms with Crippen molar-refractivity contribution in [2.45, 2.75) is 26.7 Å². The molecule has 0 saturated carbocycles. The van der Waals surface area contributed by atoms with Gasteiger partial charge in [-0.1, -0.05) is 0 Å². The molecular formula is C15H18FN3O. The fourth-order valence-corrected chi connectivity index (χ4v) is 2.02. The van der Waals surface area contributed by atoms with Crippen LogP contribution < -0.4 is 5.32 Å². The van der Waals surface area contributed by atoms with Crippen LogP contribution >= 0.6 is 0 Å². The molecule has 0 radical (unpaired) electrons. The predicted octanol–water partition coefficient (Wildman–Crippen LogP) is 2.75. The van der Waals surface area contributed by atoms with Crippen molar-refractivity contribution in [3.63, 3.8) is 0 Å². The van der Waals surface area contributed by atoms with E-state index in [0.29, 0.717) is 18.5 Å². The molecule has 0 bridgehead atoms. The van der Waals surface area contributed by atoms with Crippen LogP contribution in [-0.2, 0) is 18.3 Å². The molecule has 1 amide bonds. The van der Waals surface area contributed by atoms with Gasteiger partial charge in [0.2, 0.25) is 5.91 Å². The van der Waals surface area contributed by atoms with Crippen molar-refractivity contribution in [3.8, 4) is 0 Å². The Labute approximate surface area is 117 Å². The largest absolute Gasteiger partial charge is 0.326 e. The van der Waals surface area contributed by atoms with Crippen molar-refractivity contribution in [1.29, 1.82) is 0 Å². The number of hydrogen-bond donors (Lipinski definition) is 1. The van der Waals surface area contributed by atoms with Gasteiger partial charge < -0.3 is 5.32 Å². The Morgan fingerprint density at radius 2 is 2.15 bits per heavy atom. The second kappa shape index (κ2) is 5.86. The topological polar surface area (TPSA) is 46.9 Å². The normalized spacial score (nSPS) is 10.6. The summed E-state index contributed by atoms with van der Waals surface area (Å²) in [5, 5.41) is 6.95. The lowest BCUT2D eigenvalue weighted by Crippen LogP contribution is -2.13. The van der Waals surface area contributed by atoms with Gasteiger partial charge in [0.1, 0.15) is 5.82 Å². The number of benzene rings is 1. The van der Waals surface area contributed by atoms with Crippen LogP contribution in [0.15, 0.2) is 24.4 Å². The fourth-order valence-electron chi connectivity index (χ4n) is 2.02. The lowest BCUT2D eigenvalue weighted by molar-refractivity contribution is -0.116. The Balaban J connectivity index is 1.94. The van der Waals surface area contributed by atoms with Gasteiger partial charge in [0.15, 0.2) is 0 Å². The number of aromatic nitrogens is 2. The molecule has 4 nitrogen and oxygen atoms in total. The van der Waals surface area contributed by atoms with Crippen molar-refractivity contribution in [3.05, 3.63) is 47.0 Å². The zero-order valence-electron chi connectivity index (χ0n) is 11.9. The third kappa shape index (κ3) is 3.23. The molecule has 20 heavy (non-hydrogen) atoms. The maximum atomic E-state index is 13.0. The van der Waals surface area contributed by atoms with E-state index >= 15 is 0 Å². The average Bonchev–Trinajstić information content (AvgIpc) is 2.71. The summed E-state index contributed by atoms with van der Waals surface area (Å²) in [4.78, 5) is 11.9. The molecule has 0 aliphatic carbocycles. The van der Waals surface area contributed by atoms with E-state index in [1.165, 1.54) is 12.1 Å². The molecular weight excluding hydrogens is 257 g/mol. The molecule has 0 aliphatic heterocycles. The summed E-state index contributed by atoms with van der Waals surface area (Å²) in [5.41, 5.74) is 3.50. The van der Waals surface area contributed by atoms with Gasteiger partial charge in [0.25, 0.3) is 0 Å². The molecule has 1 N–H and O–H groups in total. The number of hydrogen-bond acceptors (Lipinski definition) is 2. The Bertz CT molecular complexity index is 634. The molecule has 5 heteroatoms. The number of carbonyl (C=O) groups excluding carboxylic acids is 1. The van der Waals surface area contributed by atoms with E-state index < -0.39 is 0 Å². The highest BCUT2D eigenvalue weighted by atomic mass is 19.1. The highest BCUT2D eigenvalue weighted by Gasteiger charge is 2.09. The maximum Gasteiger partial charge on any atom is 0.224 e. The van der Waals surface area contributed by atoms with Crippen LogP contribution in [0, 0.1) is 19.7 Å². The minimum absolute atomic E-state index is 0.0806. The summed E-state index contributed by atoms with van der Waals surface area (Å²) in [7, 11) is 1.88. The monoisotopic (exact) mass is 275 g/mol. The number of halogens is 1. The van der Waals surface area contributed by atoms with Crippen LogP contribution in [0.1, 0.15) is 23.2 Å². The maximum absolute atomic E-state index is 13.0. The first-order valence-corrected chi connectivity index (χ1v) is 6.51. The zero-order chi connectivity index (χ0) is 14.7. The SMILES string of the molecule is Cc1cc(F)ccc1NC(=O)CCc1cnn(C)c1C. The number of nitrogens with zero attached hydrogens (tertiary/aromatic N) is 2. The fraction of sp³-hybridized carbons (Fsp3) is 0.333. The third-order valence-corrected chi connectivity index (χ3v) is 3.42. The second-order valence-corrected chi connectivity index (χ2v) is 4.89. The van der Waals surface area contributed by atoms with E-state index in [9.17, 15) is 9.18 Å². The van der Waals surface area contributed by atoms with Crippen molar-refractivity contribution < 1.29 is 9.18 Å². The van der Waals surface area contributed by atoms with Crippen molar-refractivity contribution in [2.24, 2.45) is 7.05 Å². The smallest absolute Gasteiger partial charge is 0.224 e. The predicted molar refractivity (Wildman–Crippen MR) is 76.0 cm³/mol. The van der Waals surface area contributed by atoms with Gasteiger partial charge in [-0.2, -0.15) is 5.10 Å². The van der Waals surface area contributed by atoms with Gasteiger partial charge in [0.05, 0.1) is 6.20 Å². The average molecular weight is 275 g/mol. The summed E-state index contributed by atoms with van der Waals surface area (Å²) in [6.07, 6.45) is 2.81. The van der Waals surface area contributed by atoms with Crippen LogP contribution in [-0.4, -0.2) is 15.7 Å². The third-order valence-electron chi connectivity index (χ3n) is 3.42. The number of nitrogens with one attached hydrogen (secondary N) is 1. The van der Waals surface area contributed by atoms with E-state index in [2.05, 4.69) is 10.4 Å². The number of aryl methyl sites for hydroxylation is 3. The van der Waals surface area contributed by atoms with Gasteiger partial charge in [-0.3, -0.25) is 9.48 Å². The van der Waals surface area contributed by atoms with E-state index in [-0.39, 0.29) is 11.7 Å². The molecule has 0 spiro atoms. The number of amides is 1. The summed E-state index contributed by atoms with van der Waals surface area (Å²) >= 11 is 0. The highest BCUT2D eigenvalue weighted by Crippen LogP contribution is 2.16. The van der Waals surface area contributed by atoms with Gasteiger partial charge >= 0.3 is 0 Å². The highest BCUT2D eigenvalue weighted by molar-refractivity contribution is 5.91. The molecule has 0 saturated heterocycles. The molecule has 0 unspecified atom stereocenters. The first kappa shape index (κ1) is 14.2. The van der Waals surface area contributed by atoms with E-state index in [0.717, 1.165) is 16.8 Å². The zero-order valence-corrected chi connectivity index (χ0v) is 11.9. The van der Waals surface area contributed by atoms with Crippen molar-refractivity contribution >= 4 is 11.6 Å². The van der Waals surface area contributed by atoms with Crippen LogP contribution in [0.3, 0.4) is 0 Å². The van der Waals surface area contributed by atoms with Gasteiger partial charge in [-0.25, -0.2) is 4.39 Å². The van der Waals surface area contributed by atoms with Crippen LogP contribution in [0.2, 0.25) is 0 Å². The Morgan fingerprint density at radius 3 is 2.75 bits per heavy atom. The Hall–Kier alpha value is -2.17. The van der Waals surface area contributed by atoms with E-state index in [1.54, 1.807) is 23.9 Å². The molecule has 1 heterocycles. The first-order valence-electron chi connectivity index (χ1n) is 6.51. The molecule has 106 valence electrons. The Kier molecular flexibility index (Phi) is 4.17. The number of anilines is 1. The van der Waals surface area contributed by atoms with Gasteiger partial charge in [-0.05, 0) is 49.6 Å². The van der Waals surface area contributed by atoms with Crippen LogP contribution in [0.5, 0.6) is 0 Å². The standard InChI is InChI=1S/C15H18FN3O/c1-10-8-13(16)5-6-14(10)18-15(20)7-4-12-9-17-19(3)11(12)2/h5-6,8-9H,4,7H2,1-3H3,(H,18,20). The first-order chi connectivity index (χ1) is 9.47. The summed E-state index contributed by atoms with van der Waals surface area (Å²) < 4.78 is 14.8. The summed E-state index contributed by atoms with van der Waals surface area (Å²) in [5.74, 6) is -0.380. The van der Waals surface area contributed by atoms with Gasteiger partial charge in [-0.15, -0.1) is 0 Å². The molecule has 0 aliphatic rings. The lowest BCUT2D eigenvalue weighted by atomic mass is 10.1. The summed E-state index contributed by atoms with van der Waals surface area (Å²) in [6, 6.07) is 4.33. The number of rotatable bonds is 4. The van der Waals surface area contributed by atoms with E-state index in [1.807, 2.05) is 14.0 Å². The molecule has 0 atom stereocenters. The minimum Gasteiger partial charge on any atom is -0.326 e.